The minimum atomic E-state index is -0.00177. The standard InChI is InChI=1S/C20H19NO2/c1-4-8-16-18(23)12-11-17-20(16)19(14(3)22)13(2)21(17)15-9-6-5-7-10-15/h4-7,9-12,23H,1,8H2,2-3H3. The molecule has 0 bridgehead atoms. The lowest BCUT2D eigenvalue weighted by atomic mass is 9.99. The van der Waals surface area contributed by atoms with Gasteiger partial charge >= 0.3 is 0 Å². The minimum absolute atomic E-state index is 0.00177. The highest BCUT2D eigenvalue weighted by Gasteiger charge is 2.22. The van der Waals surface area contributed by atoms with Gasteiger partial charge in [-0.25, -0.2) is 0 Å². The highest BCUT2D eigenvalue weighted by Crippen LogP contribution is 2.36. The molecule has 0 spiro atoms. The van der Waals surface area contributed by atoms with Gasteiger partial charge in [0.15, 0.2) is 5.78 Å². The third kappa shape index (κ3) is 2.34. The number of nitrogens with zero attached hydrogens (tertiary/aromatic N) is 1. The number of para-hydroxylation sites is 1. The van der Waals surface area contributed by atoms with Crippen LogP contribution in [-0.4, -0.2) is 15.5 Å². The molecule has 2 aromatic carbocycles. The Labute approximate surface area is 135 Å². The van der Waals surface area contributed by atoms with Gasteiger partial charge in [-0.1, -0.05) is 24.3 Å². The van der Waals surface area contributed by atoms with Crippen molar-refractivity contribution in [3.8, 4) is 11.4 Å². The summed E-state index contributed by atoms with van der Waals surface area (Å²) in [5.74, 6) is 0.197. The number of aromatic hydroxyl groups is 1. The molecule has 0 amide bonds. The first kappa shape index (κ1) is 15.1. The van der Waals surface area contributed by atoms with Gasteiger partial charge < -0.3 is 9.67 Å². The number of phenolic OH excluding ortho intramolecular Hbond substituents is 1. The number of Topliss-reactive ketones (excluding diaryl/α,β-unsaturated/α-hetero) is 1. The Hall–Kier alpha value is -2.81. The molecule has 3 aromatic rings. The molecule has 0 fully saturated rings. The lowest BCUT2D eigenvalue weighted by molar-refractivity contribution is 0.101. The molecule has 1 heterocycles. The first-order valence-electron chi connectivity index (χ1n) is 7.59. The smallest absolute Gasteiger partial charge is 0.162 e. The number of phenols is 1. The number of benzene rings is 2. The van der Waals surface area contributed by atoms with Crippen LogP contribution in [0, 0.1) is 6.92 Å². The molecule has 23 heavy (non-hydrogen) atoms. The van der Waals surface area contributed by atoms with Crippen molar-refractivity contribution in [3.05, 3.63) is 71.9 Å². The van der Waals surface area contributed by atoms with Crippen LogP contribution in [0.15, 0.2) is 55.1 Å². The van der Waals surface area contributed by atoms with Crippen LogP contribution in [0.2, 0.25) is 0 Å². The fourth-order valence-electron chi connectivity index (χ4n) is 3.25. The van der Waals surface area contributed by atoms with E-state index in [4.69, 9.17) is 0 Å². The summed E-state index contributed by atoms with van der Waals surface area (Å²) >= 11 is 0. The van der Waals surface area contributed by atoms with E-state index in [0.717, 1.165) is 27.8 Å². The molecule has 0 saturated heterocycles. The molecule has 1 N–H and O–H groups in total. The molecule has 0 radical (unpaired) electrons. The van der Waals surface area contributed by atoms with Crippen molar-refractivity contribution >= 4 is 16.7 Å². The Morgan fingerprint density at radius 3 is 2.52 bits per heavy atom. The third-order valence-electron chi connectivity index (χ3n) is 4.17. The van der Waals surface area contributed by atoms with Gasteiger partial charge in [0.2, 0.25) is 0 Å². The molecule has 1 aromatic heterocycles. The fourth-order valence-corrected chi connectivity index (χ4v) is 3.25. The summed E-state index contributed by atoms with van der Waals surface area (Å²) in [4.78, 5) is 12.3. The molecule has 0 saturated carbocycles. The second kappa shape index (κ2) is 5.76. The first-order valence-corrected chi connectivity index (χ1v) is 7.59. The number of rotatable bonds is 4. The SMILES string of the molecule is C=CCc1c(O)ccc2c1c(C(C)=O)c(C)n2-c1ccccc1. The maximum absolute atomic E-state index is 12.3. The zero-order valence-corrected chi connectivity index (χ0v) is 13.3. The van der Waals surface area contributed by atoms with Crippen LogP contribution in [0.25, 0.3) is 16.6 Å². The molecule has 3 heteroatoms. The van der Waals surface area contributed by atoms with Crippen molar-refractivity contribution in [3.63, 3.8) is 0 Å². The topological polar surface area (TPSA) is 42.2 Å². The van der Waals surface area contributed by atoms with Crippen LogP contribution in [0.4, 0.5) is 0 Å². The molecule has 3 rings (SSSR count). The number of ketones is 1. The van der Waals surface area contributed by atoms with Crippen molar-refractivity contribution < 1.29 is 9.90 Å². The molecule has 3 nitrogen and oxygen atoms in total. The number of carbonyl (C=O) groups is 1. The van der Waals surface area contributed by atoms with Crippen molar-refractivity contribution in [1.29, 1.82) is 0 Å². The van der Waals surface area contributed by atoms with Crippen LogP contribution >= 0.6 is 0 Å². The molecule has 0 aliphatic rings. The van der Waals surface area contributed by atoms with Crippen molar-refractivity contribution in [1.82, 2.24) is 4.57 Å². The Bertz CT molecular complexity index is 905. The van der Waals surface area contributed by atoms with E-state index >= 15 is 0 Å². The lowest BCUT2D eigenvalue weighted by Gasteiger charge is -2.09. The number of hydrogen-bond donors (Lipinski definition) is 1. The zero-order chi connectivity index (χ0) is 16.6. The van der Waals surface area contributed by atoms with E-state index in [-0.39, 0.29) is 11.5 Å². The van der Waals surface area contributed by atoms with E-state index in [9.17, 15) is 9.90 Å². The van der Waals surface area contributed by atoms with Gasteiger partial charge in [0, 0.05) is 27.9 Å². The third-order valence-corrected chi connectivity index (χ3v) is 4.17. The van der Waals surface area contributed by atoms with E-state index in [2.05, 4.69) is 11.1 Å². The van der Waals surface area contributed by atoms with E-state index < -0.39 is 0 Å². The Kier molecular flexibility index (Phi) is 3.78. The van der Waals surface area contributed by atoms with Crippen molar-refractivity contribution in [2.24, 2.45) is 0 Å². The number of allylic oxidation sites excluding steroid dienone is 1. The van der Waals surface area contributed by atoms with Crippen molar-refractivity contribution in [2.45, 2.75) is 20.3 Å². The van der Waals surface area contributed by atoms with Crippen LogP contribution < -0.4 is 0 Å². The predicted octanol–water partition coefficient (Wildman–Crippen LogP) is 4.58. The Morgan fingerprint density at radius 2 is 1.91 bits per heavy atom. The van der Waals surface area contributed by atoms with Gasteiger partial charge in [0.1, 0.15) is 5.75 Å². The quantitative estimate of drug-likeness (QED) is 0.566. The zero-order valence-electron chi connectivity index (χ0n) is 13.3. The molecule has 0 aliphatic carbocycles. The molecule has 0 aliphatic heterocycles. The number of aromatic nitrogens is 1. The van der Waals surface area contributed by atoms with Gasteiger partial charge in [0.25, 0.3) is 0 Å². The summed E-state index contributed by atoms with van der Waals surface area (Å²) in [5.41, 5.74) is 4.22. The van der Waals surface area contributed by atoms with Gasteiger partial charge in [-0.2, -0.15) is 0 Å². The van der Waals surface area contributed by atoms with Gasteiger partial charge in [-0.3, -0.25) is 4.79 Å². The van der Waals surface area contributed by atoms with Crippen LogP contribution in [0.1, 0.15) is 28.5 Å². The minimum Gasteiger partial charge on any atom is -0.508 e. The maximum atomic E-state index is 12.3. The Morgan fingerprint density at radius 1 is 1.22 bits per heavy atom. The summed E-state index contributed by atoms with van der Waals surface area (Å²) in [6.45, 7) is 7.27. The monoisotopic (exact) mass is 305 g/mol. The summed E-state index contributed by atoms with van der Waals surface area (Å²) in [5, 5.41) is 11.1. The summed E-state index contributed by atoms with van der Waals surface area (Å²) in [7, 11) is 0. The van der Waals surface area contributed by atoms with Gasteiger partial charge in [0.05, 0.1) is 5.52 Å². The number of carbonyl (C=O) groups excluding carboxylic acids is 1. The average Bonchev–Trinajstić information content (AvgIpc) is 2.83. The van der Waals surface area contributed by atoms with Gasteiger partial charge in [-0.05, 0) is 44.5 Å². The van der Waals surface area contributed by atoms with Crippen LogP contribution in [0.3, 0.4) is 0 Å². The predicted molar refractivity (Wildman–Crippen MR) is 93.6 cm³/mol. The highest BCUT2D eigenvalue weighted by molar-refractivity contribution is 6.10. The summed E-state index contributed by atoms with van der Waals surface area (Å²) < 4.78 is 2.07. The second-order valence-corrected chi connectivity index (χ2v) is 5.64. The van der Waals surface area contributed by atoms with E-state index in [1.807, 2.05) is 43.3 Å². The van der Waals surface area contributed by atoms with E-state index in [1.54, 1.807) is 19.1 Å². The summed E-state index contributed by atoms with van der Waals surface area (Å²) in [6.07, 6.45) is 2.26. The normalized spacial score (nSPS) is 10.9. The molecule has 0 atom stereocenters. The number of hydrogen-bond acceptors (Lipinski definition) is 2. The van der Waals surface area contributed by atoms with Gasteiger partial charge in [-0.15, -0.1) is 6.58 Å². The van der Waals surface area contributed by atoms with Crippen molar-refractivity contribution in [2.75, 3.05) is 0 Å². The molecular formula is C20H19NO2. The average molecular weight is 305 g/mol. The Balaban J connectivity index is 2.49. The van der Waals surface area contributed by atoms with Crippen LogP contribution in [-0.2, 0) is 6.42 Å². The first-order chi connectivity index (χ1) is 11.1. The van der Waals surface area contributed by atoms with Crippen LogP contribution in [0.5, 0.6) is 5.75 Å². The van der Waals surface area contributed by atoms with E-state index in [0.29, 0.717) is 12.0 Å². The molecular weight excluding hydrogens is 286 g/mol. The molecule has 0 unspecified atom stereocenters. The molecule has 116 valence electrons. The summed E-state index contributed by atoms with van der Waals surface area (Å²) in [6, 6.07) is 13.5. The second-order valence-electron chi connectivity index (χ2n) is 5.64. The highest BCUT2D eigenvalue weighted by atomic mass is 16.3. The van der Waals surface area contributed by atoms with E-state index in [1.165, 1.54) is 0 Å². The largest absolute Gasteiger partial charge is 0.508 e. The lowest BCUT2D eigenvalue weighted by Crippen LogP contribution is -1.99. The fraction of sp³-hybridized carbons (Fsp3) is 0.150. The maximum Gasteiger partial charge on any atom is 0.162 e. The number of fused-ring (bicyclic) bond motifs is 1.